The van der Waals surface area contributed by atoms with Crippen LogP contribution in [0.1, 0.15) is 21.6 Å². The van der Waals surface area contributed by atoms with Crippen molar-refractivity contribution >= 4 is 45.7 Å². The minimum absolute atomic E-state index is 0.176. The second-order valence-electron chi connectivity index (χ2n) is 7.23. The van der Waals surface area contributed by atoms with E-state index in [4.69, 9.17) is 23.2 Å². The quantitative estimate of drug-likeness (QED) is 0.279. The maximum Gasteiger partial charge on any atom is 0.416 e. The largest absolute Gasteiger partial charge is 0.504 e. The molecular formula is C22H12Cl2F4N4O3. The number of rotatable bonds is 4. The van der Waals surface area contributed by atoms with Crippen LogP contribution in [0.3, 0.4) is 0 Å². The highest BCUT2D eigenvalue weighted by atomic mass is 35.5. The molecule has 0 atom stereocenters. The Morgan fingerprint density at radius 2 is 1.86 bits per heavy atom. The van der Waals surface area contributed by atoms with Crippen LogP contribution in [0.25, 0.3) is 10.9 Å². The predicted molar refractivity (Wildman–Crippen MR) is 120 cm³/mol. The summed E-state index contributed by atoms with van der Waals surface area (Å²) in [6, 6.07) is 7.75. The summed E-state index contributed by atoms with van der Waals surface area (Å²) in [5, 5.41) is 10.9. The molecule has 180 valence electrons. The highest BCUT2D eigenvalue weighted by Gasteiger charge is 2.33. The van der Waals surface area contributed by atoms with Gasteiger partial charge in [-0.05, 0) is 29.8 Å². The zero-order valence-corrected chi connectivity index (χ0v) is 18.7. The number of amides is 1. The summed E-state index contributed by atoms with van der Waals surface area (Å²) in [5.41, 5.74) is -2.93. The van der Waals surface area contributed by atoms with Gasteiger partial charge in [0.2, 0.25) is 0 Å². The lowest BCUT2D eigenvalue weighted by molar-refractivity contribution is -0.138. The van der Waals surface area contributed by atoms with E-state index in [0.717, 1.165) is 35.2 Å². The molecule has 35 heavy (non-hydrogen) atoms. The van der Waals surface area contributed by atoms with Crippen LogP contribution >= 0.6 is 23.2 Å². The molecule has 2 aromatic heterocycles. The molecule has 0 fully saturated rings. The van der Waals surface area contributed by atoms with Gasteiger partial charge in [0.05, 0.1) is 34.5 Å². The number of fused-ring (bicyclic) bond motifs is 1. The minimum atomic E-state index is -4.66. The topological polar surface area (TPSA) is 97.1 Å². The predicted octanol–water partition coefficient (Wildman–Crippen LogP) is 5.26. The zero-order valence-electron chi connectivity index (χ0n) is 17.2. The molecule has 0 bridgehead atoms. The van der Waals surface area contributed by atoms with Gasteiger partial charge in [0.15, 0.2) is 10.9 Å². The van der Waals surface area contributed by atoms with Crippen LogP contribution < -0.4 is 10.9 Å². The van der Waals surface area contributed by atoms with E-state index in [1.807, 2.05) is 0 Å². The molecule has 2 heterocycles. The number of pyridine rings is 1. The number of benzene rings is 2. The van der Waals surface area contributed by atoms with Crippen LogP contribution in [0, 0.1) is 5.82 Å². The number of nitrogens with one attached hydrogen (secondary N) is 1. The minimum Gasteiger partial charge on any atom is -0.504 e. The smallest absolute Gasteiger partial charge is 0.416 e. The number of aromatic hydroxyl groups is 1. The van der Waals surface area contributed by atoms with Crippen LogP contribution in [0.4, 0.5) is 23.2 Å². The van der Waals surface area contributed by atoms with Gasteiger partial charge in [-0.15, -0.1) is 0 Å². The summed E-state index contributed by atoms with van der Waals surface area (Å²) in [7, 11) is 0. The normalized spacial score (nSPS) is 11.6. The van der Waals surface area contributed by atoms with Gasteiger partial charge >= 0.3 is 6.18 Å². The highest BCUT2D eigenvalue weighted by molar-refractivity contribution is 6.36. The van der Waals surface area contributed by atoms with Crippen LogP contribution in [0.2, 0.25) is 10.2 Å². The first kappa shape index (κ1) is 24.4. The first-order valence-corrected chi connectivity index (χ1v) is 10.4. The van der Waals surface area contributed by atoms with Gasteiger partial charge in [-0.3, -0.25) is 14.2 Å². The van der Waals surface area contributed by atoms with Crippen molar-refractivity contribution in [3.63, 3.8) is 0 Å². The summed E-state index contributed by atoms with van der Waals surface area (Å²) in [6.45, 7) is -0.508. The fourth-order valence-corrected chi connectivity index (χ4v) is 3.78. The molecule has 2 aromatic carbocycles. The van der Waals surface area contributed by atoms with E-state index in [9.17, 15) is 32.3 Å². The second-order valence-corrected chi connectivity index (χ2v) is 8.00. The van der Waals surface area contributed by atoms with Gasteiger partial charge in [0.25, 0.3) is 11.5 Å². The average molecular weight is 527 g/mol. The molecule has 4 rings (SSSR count). The number of hydrogen-bond donors (Lipinski definition) is 2. The third-order valence-electron chi connectivity index (χ3n) is 4.98. The monoisotopic (exact) mass is 526 g/mol. The molecule has 0 spiro atoms. The number of alkyl halides is 3. The second kappa shape index (κ2) is 9.16. The van der Waals surface area contributed by atoms with E-state index in [-0.39, 0.29) is 27.4 Å². The van der Waals surface area contributed by atoms with Gasteiger partial charge in [0.1, 0.15) is 17.0 Å². The summed E-state index contributed by atoms with van der Waals surface area (Å²) >= 11 is 11.5. The Hall–Kier alpha value is -3.70. The van der Waals surface area contributed by atoms with Crippen molar-refractivity contribution in [2.75, 3.05) is 5.32 Å². The maximum absolute atomic E-state index is 14.4. The van der Waals surface area contributed by atoms with Crippen molar-refractivity contribution in [2.24, 2.45) is 0 Å². The van der Waals surface area contributed by atoms with Crippen molar-refractivity contribution in [3.05, 3.63) is 92.0 Å². The fraction of sp³-hybridized carbons (Fsp3) is 0.0909. The fourth-order valence-electron chi connectivity index (χ4n) is 3.35. The summed E-state index contributed by atoms with van der Waals surface area (Å²) in [4.78, 5) is 33.4. The standard InChI is InChI=1S/C22H12Cl2F4N4O3/c23-12-7-15(30-19(24)18(12)33)20(34)31-14-6-5-13(25)17-16(14)21(35)32(9-29-17)8-10-3-1-2-4-11(10)22(26,27)28/h1-7,9,33H,8H2,(H,31,34). The molecule has 7 nitrogen and oxygen atoms in total. The molecule has 0 aliphatic rings. The van der Waals surface area contributed by atoms with E-state index in [0.29, 0.717) is 0 Å². The van der Waals surface area contributed by atoms with Gasteiger partial charge in [-0.2, -0.15) is 13.2 Å². The lowest BCUT2D eigenvalue weighted by Crippen LogP contribution is -2.25. The van der Waals surface area contributed by atoms with Crippen LogP contribution in [0.15, 0.2) is 53.6 Å². The van der Waals surface area contributed by atoms with Gasteiger partial charge in [-0.1, -0.05) is 41.4 Å². The number of carbonyl (C=O) groups is 1. The molecule has 0 radical (unpaired) electrons. The lowest BCUT2D eigenvalue weighted by Gasteiger charge is -2.15. The SMILES string of the molecule is O=C(Nc1ccc(F)c2ncn(Cc3ccccc3C(F)(F)F)c(=O)c12)c1cc(Cl)c(O)c(Cl)n1. The third kappa shape index (κ3) is 4.77. The number of nitrogens with zero attached hydrogens (tertiary/aromatic N) is 3. The Kier molecular flexibility index (Phi) is 6.39. The maximum atomic E-state index is 14.4. The van der Waals surface area contributed by atoms with Crippen molar-refractivity contribution in [2.45, 2.75) is 12.7 Å². The van der Waals surface area contributed by atoms with E-state index < -0.39 is 52.0 Å². The summed E-state index contributed by atoms with van der Waals surface area (Å²) in [5.74, 6) is -2.32. The van der Waals surface area contributed by atoms with E-state index in [1.165, 1.54) is 18.2 Å². The zero-order chi connectivity index (χ0) is 25.5. The number of aromatic nitrogens is 3. The average Bonchev–Trinajstić information content (AvgIpc) is 2.80. The molecule has 0 aliphatic heterocycles. The van der Waals surface area contributed by atoms with E-state index in [2.05, 4.69) is 15.3 Å². The van der Waals surface area contributed by atoms with Crippen molar-refractivity contribution in [1.29, 1.82) is 0 Å². The first-order chi connectivity index (χ1) is 16.5. The number of halogens is 6. The van der Waals surface area contributed by atoms with E-state index >= 15 is 0 Å². The Morgan fingerprint density at radius 1 is 1.14 bits per heavy atom. The number of anilines is 1. The van der Waals surface area contributed by atoms with E-state index in [1.54, 1.807) is 0 Å². The first-order valence-electron chi connectivity index (χ1n) is 9.66. The van der Waals surface area contributed by atoms with Gasteiger partial charge in [-0.25, -0.2) is 14.4 Å². The Bertz CT molecular complexity index is 1520. The highest BCUT2D eigenvalue weighted by Crippen LogP contribution is 2.33. The molecular weight excluding hydrogens is 515 g/mol. The Labute approximate surface area is 203 Å². The molecule has 13 heteroatoms. The molecule has 0 unspecified atom stereocenters. The van der Waals surface area contributed by atoms with Gasteiger partial charge < -0.3 is 10.4 Å². The molecule has 2 N–H and O–H groups in total. The van der Waals surface area contributed by atoms with Crippen LogP contribution in [-0.2, 0) is 12.7 Å². The lowest BCUT2D eigenvalue weighted by atomic mass is 10.1. The van der Waals surface area contributed by atoms with Crippen LogP contribution in [0.5, 0.6) is 5.75 Å². The van der Waals surface area contributed by atoms with Crippen molar-refractivity contribution in [1.82, 2.24) is 14.5 Å². The summed E-state index contributed by atoms with van der Waals surface area (Å²) in [6.07, 6.45) is -3.73. The Balaban J connectivity index is 1.79. The molecule has 0 aliphatic carbocycles. The Morgan fingerprint density at radius 3 is 2.54 bits per heavy atom. The molecule has 1 amide bonds. The van der Waals surface area contributed by atoms with Crippen molar-refractivity contribution in [3.8, 4) is 5.75 Å². The molecule has 4 aromatic rings. The van der Waals surface area contributed by atoms with Gasteiger partial charge in [0, 0.05) is 0 Å². The summed E-state index contributed by atoms with van der Waals surface area (Å²) < 4.78 is 55.4. The van der Waals surface area contributed by atoms with Crippen LogP contribution in [-0.4, -0.2) is 25.5 Å². The number of carbonyl (C=O) groups excluding carboxylic acids is 1. The number of hydrogen-bond acceptors (Lipinski definition) is 5. The third-order valence-corrected chi connectivity index (χ3v) is 5.53. The molecule has 0 saturated heterocycles. The van der Waals surface area contributed by atoms with Crippen molar-refractivity contribution < 1.29 is 27.5 Å². The molecule has 0 saturated carbocycles.